The van der Waals surface area contributed by atoms with Gasteiger partial charge in [-0.2, -0.15) is 5.10 Å². The Morgan fingerprint density at radius 3 is 2.50 bits per heavy atom. The standard InChI is InChI=1S/C21H24BrN3O5/c1-4-9-30-17-8-6-16(22)10-15(17)12-24-25-20(26)13-23-21(27)14-5-7-18(28-2)19(11-14)29-3/h5-8,10-12H,4,9,13H2,1-3H3,(H,23,27)(H,25,26)/b24-12+. The van der Waals surface area contributed by atoms with Crippen molar-refractivity contribution in [3.63, 3.8) is 0 Å². The number of carbonyl (C=O) groups excluding carboxylic acids is 2. The van der Waals surface area contributed by atoms with Crippen LogP contribution in [0.4, 0.5) is 0 Å². The minimum absolute atomic E-state index is 0.234. The Balaban J connectivity index is 1.91. The summed E-state index contributed by atoms with van der Waals surface area (Å²) in [6.07, 6.45) is 2.37. The van der Waals surface area contributed by atoms with E-state index in [9.17, 15) is 9.59 Å². The molecule has 2 aromatic rings. The van der Waals surface area contributed by atoms with Crippen LogP contribution in [0.1, 0.15) is 29.3 Å². The highest BCUT2D eigenvalue weighted by atomic mass is 79.9. The molecule has 0 spiro atoms. The van der Waals surface area contributed by atoms with Gasteiger partial charge in [-0.25, -0.2) is 5.43 Å². The van der Waals surface area contributed by atoms with Crippen LogP contribution >= 0.6 is 15.9 Å². The van der Waals surface area contributed by atoms with Gasteiger partial charge in [0.05, 0.1) is 33.6 Å². The average molecular weight is 478 g/mol. The Hall–Kier alpha value is -3.07. The van der Waals surface area contributed by atoms with Crippen molar-refractivity contribution in [3.05, 3.63) is 52.0 Å². The number of hydrazone groups is 1. The molecular weight excluding hydrogens is 454 g/mol. The second-order valence-corrected chi connectivity index (χ2v) is 6.99. The molecule has 0 bridgehead atoms. The quantitative estimate of drug-likeness (QED) is 0.404. The predicted octanol–water partition coefficient (Wildman–Crippen LogP) is 3.14. The zero-order valence-corrected chi connectivity index (χ0v) is 18.6. The van der Waals surface area contributed by atoms with E-state index in [4.69, 9.17) is 14.2 Å². The molecular formula is C21H24BrN3O5. The van der Waals surface area contributed by atoms with Crippen LogP contribution in [0.5, 0.6) is 17.2 Å². The van der Waals surface area contributed by atoms with Gasteiger partial charge >= 0.3 is 0 Å². The molecule has 8 nitrogen and oxygen atoms in total. The summed E-state index contributed by atoms with van der Waals surface area (Å²) in [5.41, 5.74) is 3.44. The SMILES string of the molecule is CCCOc1ccc(Br)cc1/C=N/NC(=O)CNC(=O)c1ccc(OC)c(OC)c1. The van der Waals surface area contributed by atoms with Crippen molar-refractivity contribution in [2.75, 3.05) is 27.4 Å². The topological polar surface area (TPSA) is 98.2 Å². The maximum absolute atomic E-state index is 12.2. The number of ether oxygens (including phenoxy) is 3. The molecule has 2 amide bonds. The van der Waals surface area contributed by atoms with E-state index in [0.717, 1.165) is 10.9 Å². The number of nitrogens with one attached hydrogen (secondary N) is 2. The zero-order valence-electron chi connectivity index (χ0n) is 17.0. The summed E-state index contributed by atoms with van der Waals surface area (Å²) in [7, 11) is 2.99. The number of carbonyl (C=O) groups is 2. The van der Waals surface area contributed by atoms with E-state index >= 15 is 0 Å². The Bertz CT molecular complexity index is 918. The van der Waals surface area contributed by atoms with Crippen molar-refractivity contribution in [3.8, 4) is 17.2 Å². The summed E-state index contributed by atoms with van der Waals surface area (Å²) in [4.78, 5) is 24.2. The van der Waals surface area contributed by atoms with Gasteiger partial charge in [-0.05, 0) is 42.8 Å². The van der Waals surface area contributed by atoms with Crippen molar-refractivity contribution in [2.24, 2.45) is 5.10 Å². The van der Waals surface area contributed by atoms with Crippen LogP contribution in [0, 0.1) is 0 Å². The maximum atomic E-state index is 12.2. The normalized spacial score (nSPS) is 10.5. The summed E-state index contributed by atoms with van der Waals surface area (Å²) in [6, 6.07) is 10.3. The summed E-state index contributed by atoms with van der Waals surface area (Å²) in [5, 5.41) is 6.47. The Morgan fingerprint density at radius 2 is 1.80 bits per heavy atom. The van der Waals surface area contributed by atoms with Gasteiger partial charge in [-0.15, -0.1) is 0 Å². The molecule has 160 valence electrons. The van der Waals surface area contributed by atoms with E-state index in [1.807, 2.05) is 25.1 Å². The number of rotatable bonds is 10. The number of methoxy groups -OCH3 is 2. The molecule has 2 rings (SSSR count). The fourth-order valence-corrected chi connectivity index (χ4v) is 2.80. The molecule has 9 heteroatoms. The van der Waals surface area contributed by atoms with Crippen molar-refractivity contribution in [1.82, 2.24) is 10.7 Å². The molecule has 2 aromatic carbocycles. The van der Waals surface area contributed by atoms with Gasteiger partial charge in [0.15, 0.2) is 11.5 Å². The molecule has 0 unspecified atom stereocenters. The predicted molar refractivity (Wildman–Crippen MR) is 118 cm³/mol. The summed E-state index contributed by atoms with van der Waals surface area (Å²) in [5.74, 6) is 0.716. The van der Waals surface area contributed by atoms with Crippen molar-refractivity contribution in [2.45, 2.75) is 13.3 Å². The van der Waals surface area contributed by atoms with Crippen molar-refractivity contribution in [1.29, 1.82) is 0 Å². The van der Waals surface area contributed by atoms with E-state index in [1.165, 1.54) is 26.5 Å². The van der Waals surface area contributed by atoms with Gasteiger partial charge in [0.25, 0.3) is 11.8 Å². The fourth-order valence-electron chi connectivity index (χ4n) is 2.42. The molecule has 0 fully saturated rings. The third kappa shape index (κ3) is 6.77. The average Bonchev–Trinajstić information content (AvgIpc) is 2.76. The summed E-state index contributed by atoms with van der Waals surface area (Å²) >= 11 is 3.40. The first-order valence-corrected chi connectivity index (χ1v) is 10.0. The largest absolute Gasteiger partial charge is 0.493 e. The number of nitrogens with zero attached hydrogens (tertiary/aromatic N) is 1. The van der Waals surface area contributed by atoms with Crippen molar-refractivity contribution >= 4 is 34.0 Å². The van der Waals surface area contributed by atoms with E-state index in [-0.39, 0.29) is 6.54 Å². The monoisotopic (exact) mass is 477 g/mol. The summed E-state index contributed by atoms with van der Waals surface area (Å²) < 4.78 is 16.8. The van der Waals surface area contributed by atoms with Crippen LogP contribution in [0.2, 0.25) is 0 Å². The molecule has 30 heavy (non-hydrogen) atoms. The van der Waals surface area contributed by atoms with Crippen LogP contribution in [0.15, 0.2) is 46.0 Å². The second-order valence-electron chi connectivity index (χ2n) is 6.08. The molecule has 0 aliphatic heterocycles. The first-order valence-electron chi connectivity index (χ1n) is 9.23. The van der Waals surface area contributed by atoms with Crippen LogP contribution in [0.3, 0.4) is 0 Å². The molecule has 0 saturated carbocycles. The zero-order chi connectivity index (χ0) is 21.9. The third-order valence-electron chi connectivity index (χ3n) is 3.88. The lowest BCUT2D eigenvalue weighted by Gasteiger charge is -2.10. The van der Waals surface area contributed by atoms with Gasteiger partial charge in [0.1, 0.15) is 5.75 Å². The highest BCUT2D eigenvalue weighted by Gasteiger charge is 2.12. The number of amides is 2. The number of hydrogen-bond acceptors (Lipinski definition) is 6. The van der Waals surface area contributed by atoms with E-state index in [0.29, 0.717) is 35.0 Å². The van der Waals surface area contributed by atoms with Gasteiger partial charge in [0, 0.05) is 15.6 Å². The second kappa shape index (κ2) is 11.8. The van der Waals surface area contributed by atoms with E-state index in [1.54, 1.807) is 12.1 Å². The first-order chi connectivity index (χ1) is 14.5. The third-order valence-corrected chi connectivity index (χ3v) is 4.37. The first kappa shape index (κ1) is 23.2. The highest BCUT2D eigenvalue weighted by Crippen LogP contribution is 2.27. The molecule has 0 aliphatic rings. The molecule has 0 saturated heterocycles. The molecule has 0 atom stereocenters. The van der Waals surface area contributed by atoms with Gasteiger partial charge in [-0.3, -0.25) is 9.59 Å². The van der Waals surface area contributed by atoms with E-state index < -0.39 is 11.8 Å². The van der Waals surface area contributed by atoms with Gasteiger partial charge < -0.3 is 19.5 Å². The van der Waals surface area contributed by atoms with Crippen LogP contribution in [-0.4, -0.2) is 45.4 Å². The van der Waals surface area contributed by atoms with Crippen LogP contribution in [0.25, 0.3) is 0 Å². The Labute approximate surface area is 183 Å². The number of halogens is 1. The smallest absolute Gasteiger partial charge is 0.259 e. The molecule has 0 aliphatic carbocycles. The molecule has 0 aromatic heterocycles. The number of hydrogen-bond donors (Lipinski definition) is 2. The minimum Gasteiger partial charge on any atom is -0.493 e. The molecule has 0 heterocycles. The fraction of sp³-hybridized carbons (Fsp3) is 0.286. The molecule has 2 N–H and O–H groups in total. The Morgan fingerprint density at radius 1 is 1.07 bits per heavy atom. The minimum atomic E-state index is -0.467. The highest BCUT2D eigenvalue weighted by molar-refractivity contribution is 9.10. The van der Waals surface area contributed by atoms with Crippen molar-refractivity contribution < 1.29 is 23.8 Å². The lowest BCUT2D eigenvalue weighted by molar-refractivity contribution is -0.120. The van der Waals surface area contributed by atoms with Gasteiger partial charge in [0.2, 0.25) is 0 Å². The maximum Gasteiger partial charge on any atom is 0.259 e. The lowest BCUT2D eigenvalue weighted by atomic mass is 10.2. The van der Waals surface area contributed by atoms with Crippen LogP contribution < -0.4 is 25.0 Å². The summed E-state index contributed by atoms with van der Waals surface area (Å²) in [6.45, 7) is 2.36. The van der Waals surface area contributed by atoms with E-state index in [2.05, 4.69) is 31.8 Å². The lowest BCUT2D eigenvalue weighted by Crippen LogP contribution is -2.34. The number of benzene rings is 2. The van der Waals surface area contributed by atoms with Gasteiger partial charge in [-0.1, -0.05) is 22.9 Å². The molecule has 0 radical (unpaired) electrons. The van der Waals surface area contributed by atoms with Crippen LogP contribution in [-0.2, 0) is 4.79 Å². The Kier molecular flexibility index (Phi) is 9.14.